The number of hydrogen-bond acceptors (Lipinski definition) is 4. The summed E-state index contributed by atoms with van der Waals surface area (Å²) in [5.41, 5.74) is 0.0444. The number of halogens is 1. The Morgan fingerprint density at radius 2 is 2.07 bits per heavy atom. The van der Waals surface area contributed by atoms with Crippen LogP contribution in [0.1, 0.15) is 22.0 Å². The molecule has 1 aromatic carbocycles. The van der Waals surface area contributed by atoms with E-state index in [1.54, 1.807) is 0 Å². The van der Waals surface area contributed by atoms with Crippen LogP contribution >= 0.6 is 0 Å². The number of rotatable bonds is 4. The lowest BCUT2D eigenvalue weighted by Gasteiger charge is -2.17. The van der Waals surface area contributed by atoms with Gasteiger partial charge in [-0.15, -0.1) is 0 Å². The fourth-order valence-corrected chi connectivity index (χ4v) is 1.22. The summed E-state index contributed by atoms with van der Waals surface area (Å²) >= 11 is 0. The van der Waals surface area contributed by atoms with Gasteiger partial charge in [0.15, 0.2) is 6.29 Å². The van der Waals surface area contributed by atoms with Gasteiger partial charge in [-0.25, -0.2) is 4.39 Å². The zero-order chi connectivity index (χ0) is 11.4. The van der Waals surface area contributed by atoms with Crippen LogP contribution < -0.4 is 0 Å². The average Bonchev–Trinajstić information content (AvgIpc) is 2.26. The first-order valence-electron chi connectivity index (χ1n) is 4.31. The SMILES string of the molecule is O=Cc1cc(F)ccc1C(O)C(O)CO. The van der Waals surface area contributed by atoms with Gasteiger partial charge in [0.25, 0.3) is 0 Å². The molecule has 1 aromatic rings. The van der Waals surface area contributed by atoms with E-state index in [-0.39, 0.29) is 11.1 Å². The molecule has 0 aliphatic carbocycles. The summed E-state index contributed by atoms with van der Waals surface area (Å²) in [5.74, 6) is -0.605. The maximum atomic E-state index is 12.7. The Kier molecular flexibility index (Phi) is 3.90. The van der Waals surface area contributed by atoms with Gasteiger partial charge in [-0.2, -0.15) is 0 Å². The third-order valence-electron chi connectivity index (χ3n) is 2.05. The molecule has 0 saturated heterocycles. The molecule has 1 rings (SSSR count). The lowest BCUT2D eigenvalue weighted by atomic mass is 9.99. The summed E-state index contributed by atoms with van der Waals surface area (Å²) in [6.45, 7) is -0.642. The van der Waals surface area contributed by atoms with Crippen molar-refractivity contribution >= 4 is 6.29 Å². The summed E-state index contributed by atoms with van der Waals surface area (Å²) in [4.78, 5) is 10.6. The van der Waals surface area contributed by atoms with Crippen molar-refractivity contribution in [3.05, 3.63) is 35.1 Å². The van der Waals surface area contributed by atoms with Gasteiger partial charge in [-0.05, 0) is 17.7 Å². The minimum absolute atomic E-state index is 0.0463. The van der Waals surface area contributed by atoms with E-state index in [2.05, 4.69) is 0 Å². The molecule has 5 heteroatoms. The molecule has 2 atom stereocenters. The molecule has 0 radical (unpaired) electrons. The van der Waals surface area contributed by atoms with E-state index in [1.165, 1.54) is 6.07 Å². The zero-order valence-electron chi connectivity index (χ0n) is 7.80. The van der Waals surface area contributed by atoms with Crippen molar-refractivity contribution in [2.45, 2.75) is 12.2 Å². The van der Waals surface area contributed by atoms with E-state index >= 15 is 0 Å². The predicted molar refractivity (Wildman–Crippen MR) is 49.8 cm³/mol. The number of carbonyl (C=O) groups is 1. The molecular formula is C10H11FO4. The minimum Gasteiger partial charge on any atom is -0.394 e. The van der Waals surface area contributed by atoms with Crippen LogP contribution in [0.2, 0.25) is 0 Å². The maximum absolute atomic E-state index is 12.7. The second kappa shape index (κ2) is 4.97. The summed E-state index contributed by atoms with van der Waals surface area (Å²) in [7, 11) is 0. The molecule has 0 fully saturated rings. The van der Waals surface area contributed by atoms with Gasteiger partial charge in [-0.1, -0.05) is 6.07 Å². The van der Waals surface area contributed by atoms with Crippen molar-refractivity contribution in [1.82, 2.24) is 0 Å². The Bertz CT molecular complexity index is 353. The van der Waals surface area contributed by atoms with E-state index in [0.717, 1.165) is 12.1 Å². The molecule has 15 heavy (non-hydrogen) atoms. The number of hydrogen-bond donors (Lipinski definition) is 3. The third kappa shape index (κ3) is 2.59. The van der Waals surface area contributed by atoms with E-state index in [1.807, 2.05) is 0 Å². The van der Waals surface area contributed by atoms with Crippen LogP contribution in [-0.2, 0) is 0 Å². The van der Waals surface area contributed by atoms with Crippen molar-refractivity contribution in [3.8, 4) is 0 Å². The van der Waals surface area contributed by atoms with Crippen LogP contribution in [0.5, 0.6) is 0 Å². The molecule has 82 valence electrons. The Morgan fingerprint density at radius 1 is 1.40 bits per heavy atom. The van der Waals surface area contributed by atoms with Crippen LogP contribution in [0.4, 0.5) is 4.39 Å². The Balaban J connectivity index is 3.07. The Morgan fingerprint density at radius 3 is 2.60 bits per heavy atom. The maximum Gasteiger partial charge on any atom is 0.150 e. The number of aldehydes is 1. The molecule has 0 saturated carbocycles. The number of benzene rings is 1. The topological polar surface area (TPSA) is 77.8 Å². The second-order valence-corrected chi connectivity index (χ2v) is 3.09. The van der Waals surface area contributed by atoms with E-state index in [4.69, 9.17) is 10.2 Å². The lowest BCUT2D eigenvalue weighted by molar-refractivity contribution is -0.0155. The highest BCUT2D eigenvalue weighted by Gasteiger charge is 2.20. The first-order valence-corrected chi connectivity index (χ1v) is 4.31. The molecule has 0 spiro atoms. The lowest BCUT2D eigenvalue weighted by Crippen LogP contribution is -2.23. The summed E-state index contributed by atoms with van der Waals surface area (Å²) in [6, 6.07) is 3.22. The quantitative estimate of drug-likeness (QED) is 0.618. The van der Waals surface area contributed by atoms with E-state index in [9.17, 15) is 14.3 Å². The summed E-state index contributed by atoms with van der Waals surface area (Å²) in [5, 5.41) is 27.3. The van der Waals surface area contributed by atoms with Crippen molar-refractivity contribution in [1.29, 1.82) is 0 Å². The van der Waals surface area contributed by atoms with E-state index < -0.39 is 24.6 Å². The fourth-order valence-electron chi connectivity index (χ4n) is 1.22. The van der Waals surface area contributed by atoms with Crippen LogP contribution in [-0.4, -0.2) is 34.3 Å². The molecule has 0 aliphatic rings. The first kappa shape index (κ1) is 11.8. The highest BCUT2D eigenvalue weighted by molar-refractivity contribution is 5.77. The molecule has 0 amide bonds. The van der Waals surface area contributed by atoms with Gasteiger partial charge < -0.3 is 15.3 Å². The molecule has 0 bridgehead atoms. The average molecular weight is 214 g/mol. The largest absolute Gasteiger partial charge is 0.394 e. The molecule has 2 unspecified atom stereocenters. The van der Waals surface area contributed by atoms with Crippen molar-refractivity contribution in [2.24, 2.45) is 0 Å². The monoisotopic (exact) mass is 214 g/mol. The fraction of sp³-hybridized carbons (Fsp3) is 0.300. The third-order valence-corrected chi connectivity index (χ3v) is 2.05. The van der Waals surface area contributed by atoms with Gasteiger partial charge in [-0.3, -0.25) is 4.79 Å². The molecule has 0 aromatic heterocycles. The van der Waals surface area contributed by atoms with Gasteiger partial charge in [0, 0.05) is 5.56 Å². The molecular weight excluding hydrogens is 203 g/mol. The van der Waals surface area contributed by atoms with Gasteiger partial charge in [0.1, 0.15) is 18.0 Å². The van der Waals surface area contributed by atoms with Crippen molar-refractivity contribution in [3.63, 3.8) is 0 Å². The smallest absolute Gasteiger partial charge is 0.150 e. The van der Waals surface area contributed by atoms with Gasteiger partial charge in [0.05, 0.1) is 6.61 Å². The summed E-state index contributed by atoms with van der Waals surface area (Å²) in [6.07, 6.45) is -2.42. The normalized spacial score (nSPS) is 14.7. The Hall–Kier alpha value is -1.30. The molecule has 0 heterocycles. The molecule has 4 nitrogen and oxygen atoms in total. The van der Waals surface area contributed by atoms with Crippen LogP contribution in [0.25, 0.3) is 0 Å². The highest BCUT2D eigenvalue weighted by atomic mass is 19.1. The number of aliphatic hydroxyl groups excluding tert-OH is 3. The van der Waals surface area contributed by atoms with Crippen molar-refractivity contribution in [2.75, 3.05) is 6.61 Å². The second-order valence-electron chi connectivity index (χ2n) is 3.09. The highest BCUT2D eigenvalue weighted by Crippen LogP contribution is 2.20. The van der Waals surface area contributed by atoms with Crippen LogP contribution in [0.3, 0.4) is 0 Å². The summed E-state index contributed by atoms with van der Waals surface area (Å²) < 4.78 is 12.7. The van der Waals surface area contributed by atoms with E-state index in [0.29, 0.717) is 6.29 Å². The molecule has 0 aliphatic heterocycles. The Labute approximate surface area is 85.6 Å². The van der Waals surface area contributed by atoms with Crippen LogP contribution in [0.15, 0.2) is 18.2 Å². The predicted octanol–water partition coefficient (Wildman–Crippen LogP) is 0.0248. The van der Waals surface area contributed by atoms with Crippen molar-refractivity contribution < 1.29 is 24.5 Å². The van der Waals surface area contributed by atoms with Crippen LogP contribution in [0, 0.1) is 5.82 Å². The van der Waals surface area contributed by atoms with Gasteiger partial charge >= 0.3 is 0 Å². The molecule has 3 N–H and O–H groups in total. The standard InChI is InChI=1S/C10H11FO4/c11-7-1-2-8(6(3-7)4-12)10(15)9(14)5-13/h1-4,9-10,13-15H,5H2. The number of aliphatic hydroxyl groups is 3. The zero-order valence-corrected chi connectivity index (χ0v) is 7.80. The minimum atomic E-state index is -1.41. The number of carbonyl (C=O) groups excluding carboxylic acids is 1. The van der Waals surface area contributed by atoms with Gasteiger partial charge in [0.2, 0.25) is 0 Å². The first-order chi connectivity index (χ1) is 7.10.